The van der Waals surface area contributed by atoms with E-state index in [1.165, 1.54) is 22.5 Å². The highest BCUT2D eigenvalue weighted by atomic mass is 32.1. The van der Waals surface area contributed by atoms with Crippen LogP contribution in [0.5, 0.6) is 0 Å². The van der Waals surface area contributed by atoms with Crippen LogP contribution in [0.25, 0.3) is 0 Å². The Labute approximate surface area is 141 Å². The Kier molecular flexibility index (Phi) is 4.66. The van der Waals surface area contributed by atoms with E-state index in [4.69, 9.17) is 0 Å². The van der Waals surface area contributed by atoms with Gasteiger partial charge < -0.3 is 10.2 Å². The first kappa shape index (κ1) is 16.0. The van der Waals surface area contributed by atoms with E-state index >= 15 is 0 Å². The van der Waals surface area contributed by atoms with Crippen LogP contribution in [0.15, 0.2) is 23.7 Å². The lowest BCUT2D eigenvalue weighted by atomic mass is 10.0. The number of hydrogen-bond acceptors (Lipinski definition) is 4. The number of thiazole rings is 1. The van der Waals surface area contributed by atoms with E-state index in [0.717, 1.165) is 42.2 Å². The number of aromatic nitrogens is 1. The lowest BCUT2D eigenvalue weighted by Crippen LogP contribution is -2.45. The van der Waals surface area contributed by atoms with Gasteiger partial charge in [-0.2, -0.15) is 0 Å². The number of carbonyl (C=O) groups is 1. The minimum atomic E-state index is 0.122. The maximum Gasteiger partial charge on any atom is 0.265 e. The van der Waals surface area contributed by atoms with E-state index in [1.54, 1.807) is 5.51 Å². The molecular weight excluding hydrogens is 306 g/mol. The fourth-order valence-electron chi connectivity index (χ4n) is 3.00. The van der Waals surface area contributed by atoms with Gasteiger partial charge in [0.1, 0.15) is 4.88 Å². The molecule has 1 N–H and O–H groups in total. The molecule has 1 amide bonds. The van der Waals surface area contributed by atoms with Crippen molar-refractivity contribution in [3.05, 3.63) is 45.4 Å². The summed E-state index contributed by atoms with van der Waals surface area (Å²) >= 11 is 1.44. The Bertz CT molecular complexity index is 710. The first-order valence-corrected chi connectivity index (χ1v) is 8.95. The summed E-state index contributed by atoms with van der Waals surface area (Å²) in [6, 6.07) is 6.76. The summed E-state index contributed by atoms with van der Waals surface area (Å²) in [6.07, 6.45) is 2.13. The molecule has 2 aromatic rings. The van der Waals surface area contributed by atoms with Crippen LogP contribution < -0.4 is 5.32 Å². The highest BCUT2D eigenvalue weighted by Gasteiger charge is 2.26. The standard InChI is InChI=1S/C18H23N3OS/c1-12-6-7-15(9-13(12)2)20-16-5-4-8-21(10-16)18(22)17-14(3)19-11-23-17/h6-7,9,11,16,20H,4-5,8,10H2,1-3H3. The summed E-state index contributed by atoms with van der Waals surface area (Å²) in [5, 5.41) is 3.59. The number of likely N-dealkylation sites (tertiary alicyclic amines) is 1. The molecule has 0 saturated carbocycles. The van der Waals surface area contributed by atoms with Gasteiger partial charge in [-0.25, -0.2) is 4.98 Å². The number of hydrogen-bond donors (Lipinski definition) is 1. The van der Waals surface area contributed by atoms with Crippen LogP contribution in [0.3, 0.4) is 0 Å². The summed E-state index contributed by atoms with van der Waals surface area (Å²) in [5.41, 5.74) is 6.32. The number of piperidine rings is 1. The van der Waals surface area contributed by atoms with Crippen molar-refractivity contribution in [3.8, 4) is 0 Å². The Morgan fingerprint density at radius 1 is 1.30 bits per heavy atom. The van der Waals surface area contributed by atoms with Crippen LogP contribution in [-0.2, 0) is 0 Å². The molecule has 1 fully saturated rings. The molecule has 1 aromatic heterocycles. The fraction of sp³-hybridized carbons (Fsp3) is 0.444. The number of nitrogens with zero attached hydrogens (tertiary/aromatic N) is 2. The van der Waals surface area contributed by atoms with Crippen LogP contribution in [0, 0.1) is 20.8 Å². The number of amides is 1. The van der Waals surface area contributed by atoms with Gasteiger partial charge in [0.15, 0.2) is 0 Å². The zero-order valence-corrected chi connectivity index (χ0v) is 14.7. The van der Waals surface area contributed by atoms with E-state index in [-0.39, 0.29) is 5.91 Å². The summed E-state index contributed by atoms with van der Waals surface area (Å²) in [6.45, 7) is 7.74. The van der Waals surface area contributed by atoms with Crippen molar-refractivity contribution in [2.75, 3.05) is 18.4 Å². The van der Waals surface area contributed by atoms with Gasteiger partial charge in [0.05, 0.1) is 11.2 Å². The quantitative estimate of drug-likeness (QED) is 0.932. The van der Waals surface area contributed by atoms with Crippen molar-refractivity contribution in [2.45, 2.75) is 39.7 Å². The van der Waals surface area contributed by atoms with Gasteiger partial charge in [-0.3, -0.25) is 4.79 Å². The summed E-state index contributed by atoms with van der Waals surface area (Å²) in [5.74, 6) is 0.122. The van der Waals surface area contributed by atoms with Gasteiger partial charge in [0, 0.05) is 24.8 Å². The number of carbonyl (C=O) groups excluding carboxylic acids is 1. The zero-order chi connectivity index (χ0) is 16.4. The largest absolute Gasteiger partial charge is 0.381 e. The molecule has 2 heterocycles. The van der Waals surface area contributed by atoms with Crippen molar-refractivity contribution in [2.24, 2.45) is 0 Å². The normalized spacial score (nSPS) is 18.0. The molecule has 5 heteroatoms. The predicted octanol–water partition coefficient (Wildman–Crippen LogP) is 3.79. The zero-order valence-electron chi connectivity index (χ0n) is 13.9. The molecule has 1 unspecified atom stereocenters. The van der Waals surface area contributed by atoms with Crippen LogP contribution in [-0.4, -0.2) is 34.9 Å². The van der Waals surface area contributed by atoms with Gasteiger partial charge in [-0.05, 0) is 56.9 Å². The Balaban J connectivity index is 1.67. The van der Waals surface area contributed by atoms with E-state index in [0.29, 0.717) is 6.04 Å². The molecule has 23 heavy (non-hydrogen) atoms. The predicted molar refractivity (Wildman–Crippen MR) is 95.3 cm³/mol. The Hall–Kier alpha value is -1.88. The second-order valence-corrected chi connectivity index (χ2v) is 7.16. The third-order valence-corrected chi connectivity index (χ3v) is 5.44. The number of anilines is 1. The van der Waals surface area contributed by atoms with Gasteiger partial charge in [0.25, 0.3) is 5.91 Å². The fourth-order valence-corrected chi connectivity index (χ4v) is 3.77. The molecule has 4 nitrogen and oxygen atoms in total. The smallest absolute Gasteiger partial charge is 0.265 e. The lowest BCUT2D eigenvalue weighted by molar-refractivity contribution is 0.0719. The lowest BCUT2D eigenvalue weighted by Gasteiger charge is -2.33. The Morgan fingerprint density at radius 2 is 2.13 bits per heavy atom. The SMILES string of the molecule is Cc1ccc(NC2CCCN(C(=O)c3scnc3C)C2)cc1C. The maximum atomic E-state index is 12.6. The molecule has 1 aromatic carbocycles. The molecule has 1 atom stereocenters. The van der Waals surface area contributed by atoms with Crippen LogP contribution in [0.4, 0.5) is 5.69 Å². The average Bonchev–Trinajstić information content (AvgIpc) is 2.96. The average molecular weight is 329 g/mol. The van der Waals surface area contributed by atoms with E-state index in [2.05, 4.69) is 42.3 Å². The first-order chi connectivity index (χ1) is 11.0. The number of nitrogens with one attached hydrogen (secondary N) is 1. The third kappa shape index (κ3) is 3.55. The van der Waals surface area contributed by atoms with Gasteiger partial charge >= 0.3 is 0 Å². The van der Waals surface area contributed by atoms with E-state index in [9.17, 15) is 4.79 Å². The summed E-state index contributed by atoms with van der Waals surface area (Å²) in [4.78, 5) is 19.6. The molecule has 122 valence electrons. The molecule has 0 bridgehead atoms. The second kappa shape index (κ2) is 6.71. The van der Waals surface area contributed by atoms with Crippen molar-refractivity contribution < 1.29 is 4.79 Å². The van der Waals surface area contributed by atoms with Gasteiger partial charge in [0.2, 0.25) is 0 Å². The van der Waals surface area contributed by atoms with Crippen molar-refractivity contribution in [3.63, 3.8) is 0 Å². The van der Waals surface area contributed by atoms with Gasteiger partial charge in [-0.1, -0.05) is 6.07 Å². The molecular formula is C18H23N3OS. The van der Waals surface area contributed by atoms with Crippen molar-refractivity contribution in [1.29, 1.82) is 0 Å². The second-order valence-electron chi connectivity index (χ2n) is 6.30. The molecule has 0 aliphatic carbocycles. The molecule has 1 aliphatic heterocycles. The van der Waals surface area contributed by atoms with E-state index in [1.807, 2.05) is 11.8 Å². The molecule has 0 spiro atoms. The highest BCUT2D eigenvalue weighted by molar-refractivity contribution is 7.11. The van der Waals surface area contributed by atoms with Gasteiger partial charge in [-0.15, -0.1) is 11.3 Å². The highest BCUT2D eigenvalue weighted by Crippen LogP contribution is 2.22. The summed E-state index contributed by atoms with van der Waals surface area (Å²) < 4.78 is 0. The number of rotatable bonds is 3. The minimum Gasteiger partial charge on any atom is -0.381 e. The number of benzene rings is 1. The maximum absolute atomic E-state index is 12.6. The molecule has 1 saturated heterocycles. The molecule has 3 rings (SSSR count). The monoisotopic (exact) mass is 329 g/mol. The van der Waals surface area contributed by atoms with Crippen molar-refractivity contribution in [1.82, 2.24) is 9.88 Å². The minimum absolute atomic E-state index is 0.122. The van der Waals surface area contributed by atoms with Crippen LogP contribution in [0.1, 0.15) is 39.3 Å². The van der Waals surface area contributed by atoms with Crippen molar-refractivity contribution >= 4 is 22.9 Å². The first-order valence-electron chi connectivity index (χ1n) is 8.08. The van der Waals surface area contributed by atoms with Crippen LogP contribution >= 0.6 is 11.3 Å². The Morgan fingerprint density at radius 3 is 2.83 bits per heavy atom. The number of aryl methyl sites for hydroxylation is 3. The van der Waals surface area contributed by atoms with Crippen LogP contribution in [0.2, 0.25) is 0 Å². The summed E-state index contributed by atoms with van der Waals surface area (Å²) in [7, 11) is 0. The topological polar surface area (TPSA) is 45.2 Å². The molecule has 0 radical (unpaired) electrons. The van der Waals surface area contributed by atoms with E-state index < -0.39 is 0 Å². The molecule has 1 aliphatic rings. The third-order valence-electron chi connectivity index (χ3n) is 4.53.